The third-order valence-corrected chi connectivity index (χ3v) is 6.33. The van der Waals surface area contributed by atoms with Gasteiger partial charge in [0.25, 0.3) is 5.69 Å². The zero-order chi connectivity index (χ0) is 23.4. The Kier molecular flexibility index (Phi) is 6.82. The zero-order valence-electron chi connectivity index (χ0n) is 17.8. The van der Waals surface area contributed by atoms with Crippen LogP contribution in [0.1, 0.15) is 17.5 Å². The number of rotatable bonds is 7. The summed E-state index contributed by atoms with van der Waals surface area (Å²) >= 11 is 7.62. The summed E-state index contributed by atoms with van der Waals surface area (Å²) in [5, 5.41) is 14.0. The van der Waals surface area contributed by atoms with Crippen LogP contribution in [0.15, 0.2) is 78.2 Å². The number of benzene rings is 3. The van der Waals surface area contributed by atoms with Crippen LogP contribution >= 0.6 is 22.9 Å². The molecule has 0 aliphatic rings. The molecule has 166 valence electrons. The molecule has 0 unspecified atom stereocenters. The van der Waals surface area contributed by atoms with Gasteiger partial charge >= 0.3 is 0 Å². The molecule has 1 heterocycles. The van der Waals surface area contributed by atoms with Crippen molar-refractivity contribution in [3.8, 4) is 11.3 Å². The Hall–Kier alpha value is -3.55. The average Bonchev–Trinajstić information content (AvgIpc) is 3.28. The van der Waals surface area contributed by atoms with Gasteiger partial charge in [-0.25, -0.2) is 4.98 Å². The van der Waals surface area contributed by atoms with E-state index in [1.54, 1.807) is 17.0 Å². The summed E-state index contributed by atoms with van der Waals surface area (Å²) in [5.41, 5.74) is 4.11. The SMILES string of the molecule is Cc1cccc(N(C(=O)CCc2ccccc2Cl)c2nc(-c3ccc([N+](=O)[O-])cc3)cs2)c1. The molecule has 0 aliphatic heterocycles. The van der Waals surface area contributed by atoms with Crippen molar-refractivity contribution in [2.45, 2.75) is 19.8 Å². The summed E-state index contributed by atoms with van der Waals surface area (Å²) in [6, 6.07) is 21.4. The van der Waals surface area contributed by atoms with Crippen molar-refractivity contribution in [2.75, 3.05) is 4.90 Å². The van der Waals surface area contributed by atoms with Crippen LogP contribution in [0.5, 0.6) is 0 Å². The van der Waals surface area contributed by atoms with Gasteiger partial charge in [-0.1, -0.05) is 41.9 Å². The Morgan fingerprint density at radius 1 is 1.09 bits per heavy atom. The summed E-state index contributed by atoms with van der Waals surface area (Å²) in [6.07, 6.45) is 0.783. The van der Waals surface area contributed by atoms with E-state index >= 15 is 0 Å². The fourth-order valence-corrected chi connectivity index (χ4v) is 4.54. The highest BCUT2D eigenvalue weighted by atomic mass is 35.5. The van der Waals surface area contributed by atoms with Crippen LogP contribution in [0.3, 0.4) is 0 Å². The van der Waals surface area contributed by atoms with Gasteiger partial charge in [0.1, 0.15) is 0 Å². The smallest absolute Gasteiger partial charge is 0.269 e. The first-order valence-corrected chi connectivity index (χ1v) is 11.5. The second-order valence-electron chi connectivity index (χ2n) is 7.48. The third kappa shape index (κ3) is 5.27. The van der Waals surface area contributed by atoms with Gasteiger partial charge in [0.2, 0.25) is 5.91 Å². The van der Waals surface area contributed by atoms with Crippen molar-refractivity contribution in [1.29, 1.82) is 0 Å². The Balaban J connectivity index is 1.63. The van der Waals surface area contributed by atoms with E-state index in [2.05, 4.69) is 4.98 Å². The van der Waals surface area contributed by atoms with Gasteiger partial charge in [-0.05, 0) is 54.8 Å². The first-order valence-electron chi connectivity index (χ1n) is 10.3. The van der Waals surface area contributed by atoms with E-state index in [0.29, 0.717) is 22.3 Å². The zero-order valence-corrected chi connectivity index (χ0v) is 19.3. The molecule has 0 fully saturated rings. The number of nitro benzene ring substituents is 1. The minimum absolute atomic E-state index is 0.0188. The van der Waals surface area contributed by atoms with Crippen LogP contribution in [-0.2, 0) is 11.2 Å². The maximum Gasteiger partial charge on any atom is 0.269 e. The van der Waals surface area contributed by atoms with Gasteiger partial charge in [0, 0.05) is 34.5 Å². The number of halogens is 1. The first-order chi connectivity index (χ1) is 15.9. The molecule has 0 saturated heterocycles. The van der Waals surface area contributed by atoms with Gasteiger partial charge in [-0.2, -0.15) is 0 Å². The predicted molar refractivity (Wildman–Crippen MR) is 132 cm³/mol. The molecule has 0 bridgehead atoms. The number of amides is 1. The molecule has 4 rings (SSSR count). The summed E-state index contributed by atoms with van der Waals surface area (Å²) in [4.78, 5) is 30.2. The molecule has 0 spiro atoms. The lowest BCUT2D eigenvalue weighted by Gasteiger charge is -2.20. The van der Waals surface area contributed by atoms with Gasteiger partial charge in [0.15, 0.2) is 5.13 Å². The molecule has 4 aromatic rings. The largest absolute Gasteiger partial charge is 0.274 e. The molecular formula is C25H20ClN3O3S. The highest BCUT2D eigenvalue weighted by Crippen LogP contribution is 2.34. The Labute approximate surface area is 200 Å². The predicted octanol–water partition coefficient (Wildman–Crippen LogP) is 6.98. The standard InChI is InChI=1S/C25H20ClN3O3S/c1-17-5-4-7-21(15-17)28(24(30)14-11-18-6-2-3-8-22(18)26)25-27-23(16-33-25)19-9-12-20(13-10-19)29(31)32/h2-10,12-13,15-16H,11,14H2,1H3. The maximum atomic E-state index is 13.4. The quantitative estimate of drug-likeness (QED) is 0.212. The number of aromatic nitrogens is 1. The minimum atomic E-state index is -0.437. The highest BCUT2D eigenvalue weighted by molar-refractivity contribution is 7.14. The fourth-order valence-electron chi connectivity index (χ4n) is 3.44. The second-order valence-corrected chi connectivity index (χ2v) is 8.72. The third-order valence-electron chi connectivity index (χ3n) is 5.13. The maximum absolute atomic E-state index is 13.4. The highest BCUT2D eigenvalue weighted by Gasteiger charge is 2.22. The molecule has 0 saturated carbocycles. The number of aryl methyl sites for hydroxylation is 2. The molecule has 6 nitrogen and oxygen atoms in total. The number of nitro groups is 1. The number of carbonyl (C=O) groups excluding carboxylic acids is 1. The minimum Gasteiger partial charge on any atom is -0.274 e. The van der Waals surface area contributed by atoms with E-state index in [4.69, 9.17) is 11.6 Å². The molecule has 3 aromatic carbocycles. The molecule has 0 aliphatic carbocycles. The van der Waals surface area contributed by atoms with Crippen LogP contribution < -0.4 is 4.90 Å². The van der Waals surface area contributed by atoms with Gasteiger partial charge in [-0.15, -0.1) is 11.3 Å². The van der Waals surface area contributed by atoms with Crippen molar-refractivity contribution >= 4 is 45.4 Å². The van der Waals surface area contributed by atoms with E-state index < -0.39 is 4.92 Å². The molecule has 0 atom stereocenters. The lowest BCUT2D eigenvalue weighted by molar-refractivity contribution is -0.384. The van der Waals surface area contributed by atoms with Crippen LogP contribution in [-0.4, -0.2) is 15.8 Å². The molecular weight excluding hydrogens is 458 g/mol. The molecule has 1 amide bonds. The van der Waals surface area contributed by atoms with Crippen LogP contribution in [0.2, 0.25) is 5.02 Å². The Morgan fingerprint density at radius 3 is 2.55 bits per heavy atom. The number of thiazole rings is 1. The van der Waals surface area contributed by atoms with Crippen LogP contribution in [0, 0.1) is 17.0 Å². The van der Waals surface area contributed by atoms with E-state index in [0.717, 1.165) is 22.4 Å². The van der Waals surface area contributed by atoms with Crippen molar-refractivity contribution in [3.05, 3.63) is 104 Å². The van der Waals surface area contributed by atoms with Crippen molar-refractivity contribution in [2.24, 2.45) is 0 Å². The van der Waals surface area contributed by atoms with Crippen molar-refractivity contribution in [1.82, 2.24) is 4.98 Å². The fraction of sp³-hybridized carbons (Fsp3) is 0.120. The van der Waals surface area contributed by atoms with Crippen molar-refractivity contribution in [3.63, 3.8) is 0 Å². The van der Waals surface area contributed by atoms with Gasteiger partial charge in [0.05, 0.1) is 16.3 Å². The van der Waals surface area contributed by atoms with Crippen LogP contribution in [0.25, 0.3) is 11.3 Å². The average molecular weight is 478 g/mol. The second kappa shape index (κ2) is 9.94. The number of non-ortho nitro benzene ring substituents is 1. The Bertz CT molecular complexity index is 1300. The molecule has 0 N–H and O–H groups in total. The number of hydrogen-bond donors (Lipinski definition) is 0. The first kappa shape index (κ1) is 22.6. The summed E-state index contributed by atoms with van der Waals surface area (Å²) in [6.45, 7) is 1.97. The summed E-state index contributed by atoms with van der Waals surface area (Å²) in [5.74, 6) is -0.0925. The van der Waals surface area contributed by atoms with Crippen molar-refractivity contribution < 1.29 is 9.72 Å². The Morgan fingerprint density at radius 2 is 1.85 bits per heavy atom. The molecule has 1 aromatic heterocycles. The topological polar surface area (TPSA) is 76.3 Å². The van der Waals surface area contributed by atoms with E-state index in [-0.39, 0.29) is 18.0 Å². The molecule has 0 radical (unpaired) electrons. The lowest BCUT2D eigenvalue weighted by atomic mass is 10.1. The van der Waals surface area contributed by atoms with E-state index in [1.165, 1.54) is 23.5 Å². The number of nitrogens with zero attached hydrogens (tertiary/aromatic N) is 3. The summed E-state index contributed by atoms with van der Waals surface area (Å²) in [7, 11) is 0. The van der Waals surface area contributed by atoms with E-state index in [9.17, 15) is 14.9 Å². The number of anilines is 2. The van der Waals surface area contributed by atoms with Crippen LogP contribution in [0.4, 0.5) is 16.5 Å². The van der Waals surface area contributed by atoms with Gasteiger partial charge < -0.3 is 0 Å². The van der Waals surface area contributed by atoms with E-state index in [1.807, 2.05) is 60.8 Å². The lowest BCUT2D eigenvalue weighted by Crippen LogP contribution is -2.26. The summed E-state index contributed by atoms with van der Waals surface area (Å²) < 4.78 is 0. The molecule has 33 heavy (non-hydrogen) atoms. The normalized spacial score (nSPS) is 10.7. The number of carbonyl (C=O) groups is 1. The monoisotopic (exact) mass is 477 g/mol. The van der Waals surface area contributed by atoms with Gasteiger partial charge in [-0.3, -0.25) is 19.8 Å². The number of hydrogen-bond acceptors (Lipinski definition) is 5. The molecule has 8 heteroatoms.